The molecule has 0 atom stereocenters. The SMILES string of the molecule is Cc1cccnc1Cn1nc(C)c(N=O)c1C. The van der Waals surface area contributed by atoms with Crippen LogP contribution in [0.2, 0.25) is 0 Å². The maximum Gasteiger partial charge on any atom is 0.151 e. The Labute approximate surface area is 99.5 Å². The third-order valence-corrected chi connectivity index (χ3v) is 2.85. The first-order chi connectivity index (χ1) is 8.13. The third-order valence-electron chi connectivity index (χ3n) is 2.85. The molecule has 0 aliphatic carbocycles. The highest BCUT2D eigenvalue weighted by atomic mass is 16.3. The predicted octanol–water partition coefficient (Wildman–Crippen LogP) is 2.65. The molecule has 2 aromatic heterocycles. The number of aromatic nitrogens is 3. The summed E-state index contributed by atoms with van der Waals surface area (Å²) in [6.07, 6.45) is 1.76. The Balaban J connectivity index is 2.37. The molecular weight excluding hydrogens is 216 g/mol. The summed E-state index contributed by atoms with van der Waals surface area (Å²) in [5.74, 6) is 0. The number of nitroso groups, excluding NO2 is 1. The van der Waals surface area contributed by atoms with E-state index in [-0.39, 0.29) is 0 Å². The van der Waals surface area contributed by atoms with Gasteiger partial charge in [-0.3, -0.25) is 9.67 Å². The first-order valence-electron chi connectivity index (χ1n) is 5.41. The lowest BCUT2D eigenvalue weighted by Crippen LogP contribution is -2.06. The molecule has 0 aliphatic rings. The second kappa shape index (κ2) is 4.45. The largest absolute Gasteiger partial charge is 0.261 e. The van der Waals surface area contributed by atoms with E-state index in [9.17, 15) is 4.91 Å². The zero-order chi connectivity index (χ0) is 12.4. The molecule has 0 saturated heterocycles. The topological polar surface area (TPSA) is 60.1 Å². The number of rotatable bonds is 3. The van der Waals surface area contributed by atoms with Crippen LogP contribution in [-0.2, 0) is 6.54 Å². The van der Waals surface area contributed by atoms with Gasteiger partial charge in [0.05, 0.1) is 23.6 Å². The first-order valence-corrected chi connectivity index (χ1v) is 5.41. The van der Waals surface area contributed by atoms with Crippen molar-refractivity contribution in [2.45, 2.75) is 27.3 Å². The minimum atomic E-state index is 0.429. The van der Waals surface area contributed by atoms with Gasteiger partial charge in [-0.15, -0.1) is 4.91 Å². The third kappa shape index (κ3) is 2.08. The summed E-state index contributed by atoms with van der Waals surface area (Å²) >= 11 is 0. The zero-order valence-corrected chi connectivity index (χ0v) is 10.1. The van der Waals surface area contributed by atoms with Gasteiger partial charge >= 0.3 is 0 Å². The molecule has 0 radical (unpaired) electrons. The van der Waals surface area contributed by atoms with Gasteiger partial charge in [0.2, 0.25) is 0 Å². The minimum Gasteiger partial charge on any atom is -0.261 e. The van der Waals surface area contributed by atoms with Gasteiger partial charge in [-0.2, -0.15) is 5.10 Å². The molecule has 5 heteroatoms. The normalized spacial score (nSPS) is 10.5. The van der Waals surface area contributed by atoms with Crippen LogP contribution in [0.5, 0.6) is 0 Å². The van der Waals surface area contributed by atoms with E-state index in [1.165, 1.54) is 0 Å². The molecule has 5 nitrogen and oxygen atoms in total. The van der Waals surface area contributed by atoms with Crippen molar-refractivity contribution in [3.05, 3.63) is 45.9 Å². The quantitative estimate of drug-likeness (QED) is 0.761. The minimum absolute atomic E-state index is 0.429. The Morgan fingerprint density at radius 1 is 1.35 bits per heavy atom. The van der Waals surface area contributed by atoms with Gasteiger partial charge in [0.25, 0.3) is 0 Å². The lowest BCUT2D eigenvalue weighted by molar-refractivity contribution is 0.644. The van der Waals surface area contributed by atoms with Crippen LogP contribution in [0.3, 0.4) is 0 Å². The number of hydrogen-bond acceptors (Lipinski definition) is 4. The Bertz CT molecular complexity index is 560. The van der Waals surface area contributed by atoms with Gasteiger partial charge < -0.3 is 0 Å². The van der Waals surface area contributed by atoms with Crippen molar-refractivity contribution < 1.29 is 0 Å². The maximum atomic E-state index is 10.7. The fourth-order valence-electron chi connectivity index (χ4n) is 1.80. The van der Waals surface area contributed by atoms with Crippen molar-refractivity contribution in [3.63, 3.8) is 0 Å². The van der Waals surface area contributed by atoms with Crippen molar-refractivity contribution >= 4 is 5.69 Å². The molecule has 0 fully saturated rings. The lowest BCUT2D eigenvalue weighted by Gasteiger charge is -2.06. The Kier molecular flexibility index (Phi) is 2.99. The molecule has 0 aromatic carbocycles. The molecule has 0 unspecified atom stereocenters. The van der Waals surface area contributed by atoms with Crippen LogP contribution in [0.1, 0.15) is 22.6 Å². The highest BCUT2D eigenvalue weighted by Gasteiger charge is 2.12. The van der Waals surface area contributed by atoms with E-state index in [0.29, 0.717) is 17.9 Å². The molecule has 2 heterocycles. The van der Waals surface area contributed by atoms with Crippen LogP contribution in [0.4, 0.5) is 5.69 Å². The lowest BCUT2D eigenvalue weighted by atomic mass is 10.2. The molecule has 0 aliphatic heterocycles. The molecule has 0 saturated carbocycles. The zero-order valence-electron chi connectivity index (χ0n) is 10.1. The van der Waals surface area contributed by atoms with E-state index in [4.69, 9.17) is 0 Å². The second-order valence-corrected chi connectivity index (χ2v) is 4.04. The molecule has 0 bridgehead atoms. The van der Waals surface area contributed by atoms with Gasteiger partial charge in [-0.1, -0.05) is 6.07 Å². The summed E-state index contributed by atoms with van der Waals surface area (Å²) in [5.41, 5.74) is 3.93. The Hall–Kier alpha value is -2.04. The van der Waals surface area contributed by atoms with E-state index in [1.807, 2.05) is 26.0 Å². The van der Waals surface area contributed by atoms with Crippen LogP contribution in [0.25, 0.3) is 0 Å². The molecule has 88 valence electrons. The predicted molar refractivity (Wildman–Crippen MR) is 65.2 cm³/mol. The van der Waals surface area contributed by atoms with Gasteiger partial charge in [0, 0.05) is 6.20 Å². The molecule has 0 N–H and O–H groups in total. The molecule has 0 amide bonds. The van der Waals surface area contributed by atoms with E-state index < -0.39 is 0 Å². The molecular formula is C12H14N4O. The van der Waals surface area contributed by atoms with Crippen molar-refractivity contribution in [1.29, 1.82) is 0 Å². The highest BCUT2D eigenvalue weighted by molar-refractivity contribution is 5.46. The average Bonchev–Trinajstić information content (AvgIpc) is 2.57. The van der Waals surface area contributed by atoms with E-state index in [0.717, 1.165) is 17.0 Å². The molecule has 2 aromatic rings. The summed E-state index contributed by atoms with van der Waals surface area (Å²) in [6, 6.07) is 3.91. The number of aryl methyl sites for hydroxylation is 2. The van der Waals surface area contributed by atoms with Crippen LogP contribution in [-0.4, -0.2) is 14.8 Å². The monoisotopic (exact) mass is 230 g/mol. The highest BCUT2D eigenvalue weighted by Crippen LogP contribution is 2.23. The van der Waals surface area contributed by atoms with Crippen LogP contribution < -0.4 is 0 Å². The second-order valence-electron chi connectivity index (χ2n) is 4.04. The number of hydrogen-bond donors (Lipinski definition) is 0. The van der Waals surface area contributed by atoms with Gasteiger partial charge in [-0.25, -0.2) is 0 Å². The van der Waals surface area contributed by atoms with Crippen molar-refractivity contribution in [3.8, 4) is 0 Å². The maximum absolute atomic E-state index is 10.7. The Morgan fingerprint density at radius 3 is 2.71 bits per heavy atom. The van der Waals surface area contributed by atoms with E-state index in [2.05, 4.69) is 15.3 Å². The summed E-state index contributed by atoms with van der Waals surface area (Å²) in [6.45, 7) is 6.20. The summed E-state index contributed by atoms with van der Waals surface area (Å²) in [5, 5.41) is 7.30. The fraction of sp³-hybridized carbons (Fsp3) is 0.333. The Morgan fingerprint density at radius 2 is 2.12 bits per heavy atom. The molecule has 2 rings (SSSR count). The first kappa shape index (κ1) is 11.4. The van der Waals surface area contributed by atoms with Gasteiger partial charge in [0.1, 0.15) is 0 Å². The molecule has 0 spiro atoms. The van der Waals surface area contributed by atoms with Crippen molar-refractivity contribution in [2.24, 2.45) is 5.18 Å². The van der Waals surface area contributed by atoms with E-state index in [1.54, 1.807) is 17.8 Å². The summed E-state index contributed by atoms with van der Waals surface area (Å²) in [4.78, 5) is 15.0. The van der Waals surface area contributed by atoms with Crippen LogP contribution in [0, 0.1) is 25.7 Å². The summed E-state index contributed by atoms with van der Waals surface area (Å²) in [7, 11) is 0. The standard InChI is InChI=1S/C12H14N4O/c1-8-5-4-6-13-11(8)7-16-10(3)12(15-17)9(2)14-16/h4-6H,7H2,1-3H3. The van der Waals surface area contributed by atoms with Crippen LogP contribution in [0.15, 0.2) is 23.5 Å². The van der Waals surface area contributed by atoms with Crippen LogP contribution >= 0.6 is 0 Å². The number of nitrogens with zero attached hydrogens (tertiary/aromatic N) is 4. The average molecular weight is 230 g/mol. The van der Waals surface area contributed by atoms with Crippen molar-refractivity contribution in [1.82, 2.24) is 14.8 Å². The van der Waals surface area contributed by atoms with Gasteiger partial charge in [-0.05, 0) is 37.6 Å². The smallest absolute Gasteiger partial charge is 0.151 e. The van der Waals surface area contributed by atoms with E-state index >= 15 is 0 Å². The fourth-order valence-corrected chi connectivity index (χ4v) is 1.80. The van der Waals surface area contributed by atoms with Gasteiger partial charge in [0.15, 0.2) is 5.69 Å². The van der Waals surface area contributed by atoms with Crippen molar-refractivity contribution in [2.75, 3.05) is 0 Å². The number of pyridine rings is 1. The summed E-state index contributed by atoms with van der Waals surface area (Å²) < 4.78 is 1.77. The molecule has 17 heavy (non-hydrogen) atoms.